The van der Waals surface area contributed by atoms with Gasteiger partial charge in [-0.2, -0.15) is 13.5 Å². The van der Waals surface area contributed by atoms with Crippen molar-refractivity contribution >= 4 is 31.5 Å². The largest absolute Gasteiger partial charge is 0.373 e. The van der Waals surface area contributed by atoms with Gasteiger partial charge in [-0.15, -0.1) is 0 Å². The maximum absolute atomic E-state index is 12.5. The van der Waals surface area contributed by atoms with Crippen LogP contribution in [0.2, 0.25) is 0 Å². The lowest BCUT2D eigenvalue weighted by Crippen LogP contribution is -2.46. The zero-order valence-electron chi connectivity index (χ0n) is 19.0. The molecule has 0 rings (SSSR count). The van der Waals surface area contributed by atoms with E-state index in [2.05, 4.69) is 0 Å². The summed E-state index contributed by atoms with van der Waals surface area (Å²) in [6.07, 6.45) is 2.08. The summed E-state index contributed by atoms with van der Waals surface area (Å²) in [4.78, 5) is 36.5. The first-order valence-corrected chi connectivity index (χ1v) is 9.84. The quantitative estimate of drug-likeness (QED) is 0.404. The molecule has 0 aromatic carbocycles. The molecule has 0 fully saturated rings. The standard InChI is InChI=1S/C21H39NO5.H2S/c1-9-17(10-12-23)19(25)22(8)14-20(4,5)27-15-21(6,7)26-13-11-18(24)16(2)3;/h12,16-17H,9-11,13-15H2,1-8H3;1H2. The Labute approximate surface area is 178 Å². The maximum Gasteiger partial charge on any atom is 0.225 e. The monoisotopic (exact) mass is 419 g/mol. The maximum atomic E-state index is 12.5. The van der Waals surface area contributed by atoms with E-state index in [1.807, 2.05) is 48.5 Å². The number of carbonyl (C=O) groups is 3. The molecule has 0 bridgehead atoms. The number of aldehydes is 1. The molecule has 1 unspecified atom stereocenters. The van der Waals surface area contributed by atoms with Crippen molar-refractivity contribution in [1.82, 2.24) is 4.90 Å². The Morgan fingerprint density at radius 1 is 1.07 bits per heavy atom. The number of hydrogen-bond donors (Lipinski definition) is 0. The van der Waals surface area contributed by atoms with Gasteiger partial charge in [0.05, 0.1) is 24.4 Å². The highest BCUT2D eigenvalue weighted by Crippen LogP contribution is 2.19. The van der Waals surface area contributed by atoms with Crippen LogP contribution in [-0.2, 0) is 23.9 Å². The highest BCUT2D eigenvalue weighted by molar-refractivity contribution is 7.59. The molecule has 0 aromatic heterocycles. The van der Waals surface area contributed by atoms with Crippen LogP contribution in [0, 0.1) is 11.8 Å². The van der Waals surface area contributed by atoms with Gasteiger partial charge in [-0.1, -0.05) is 20.8 Å². The second-order valence-corrected chi connectivity index (χ2v) is 8.73. The fourth-order valence-electron chi connectivity index (χ4n) is 2.69. The Morgan fingerprint density at radius 3 is 2.11 bits per heavy atom. The molecule has 0 N–H and O–H groups in total. The molecule has 1 amide bonds. The van der Waals surface area contributed by atoms with Gasteiger partial charge in [0.1, 0.15) is 12.1 Å². The van der Waals surface area contributed by atoms with Crippen molar-refractivity contribution < 1.29 is 23.9 Å². The molecule has 0 heterocycles. The molecule has 0 saturated heterocycles. The SMILES string of the molecule is CCC(CC=O)C(=O)N(C)CC(C)(C)OCC(C)(C)OCCC(=O)C(C)C.S. The van der Waals surface area contributed by atoms with Crippen LogP contribution in [0.4, 0.5) is 0 Å². The third kappa shape index (κ3) is 11.8. The van der Waals surface area contributed by atoms with Gasteiger partial charge in [0.15, 0.2) is 0 Å². The van der Waals surface area contributed by atoms with Crippen LogP contribution in [0.3, 0.4) is 0 Å². The summed E-state index contributed by atoms with van der Waals surface area (Å²) in [6.45, 7) is 14.5. The third-order valence-corrected chi connectivity index (χ3v) is 4.51. The van der Waals surface area contributed by atoms with E-state index in [0.29, 0.717) is 32.6 Å². The molecule has 6 nitrogen and oxygen atoms in total. The lowest BCUT2D eigenvalue weighted by atomic mass is 10.0. The summed E-state index contributed by atoms with van der Waals surface area (Å²) >= 11 is 0. The molecule has 166 valence electrons. The predicted octanol–water partition coefficient (Wildman–Crippen LogP) is 3.38. The summed E-state index contributed by atoms with van der Waals surface area (Å²) in [6, 6.07) is 0. The van der Waals surface area contributed by atoms with Gasteiger partial charge < -0.3 is 19.2 Å². The highest BCUT2D eigenvalue weighted by Gasteiger charge is 2.29. The van der Waals surface area contributed by atoms with Gasteiger partial charge in [0.25, 0.3) is 0 Å². The van der Waals surface area contributed by atoms with E-state index >= 15 is 0 Å². The zero-order valence-corrected chi connectivity index (χ0v) is 20.0. The lowest BCUT2D eigenvalue weighted by molar-refractivity contribution is -0.146. The molecule has 0 saturated carbocycles. The summed E-state index contributed by atoms with van der Waals surface area (Å²) in [7, 11) is 1.74. The number of likely N-dealkylation sites (N-methyl/N-ethyl adjacent to an activating group) is 1. The van der Waals surface area contributed by atoms with Crippen LogP contribution in [0.25, 0.3) is 0 Å². The molecule has 0 aliphatic heterocycles. The summed E-state index contributed by atoms with van der Waals surface area (Å²) < 4.78 is 11.8. The number of ether oxygens (including phenoxy) is 2. The van der Waals surface area contributed by atoms with Crippen LogP contribution >= 0.6 is 13.5 Å². The summed E-state index contributed by atoms with van der Waals surface area (Å²) in [5.41, 5.74) is -1.08. The normalized spacial score (nSPS) is 13.0. The number of carbonyl (C=O) groups excluding carboxylic acids is 3. The minimum Gasteiger partial charge on any atom is -0.373 e. The second kappa shape index (κ2) is 13.3. The van der Waals surface area contributed by atoms with E-state index in [-0.39, 0.29) is 43.4 Å². The molecule has 0 aromatic rings. The summed E-state index contributed by atoms with van der Waals surface area (Å²) in [5.74, 6) is -0.107. The topological polar surface area (TPSA) is 72.9 Å². The van der Waals surface area contributed by atoms with E-state index in [9.17, 15) is 14.4 Å². The highest BCUT2D eigenvalue weighted by atomic mass is 32.1. The zero-order chi connectivity index (χ0) is 21.3. The Balaban J connectivity index is 0. The van der Waals surface area contributed by atoms with E-state index in [1.54, 1.807) is 11.9 Å². The van der Waals surface area contributed by atoms with Gasteiger partial charge in [0.2, 0.25) is 5.91 Å². The van der Waals surface area contributed by atoms with Crippen LogP contribution < -0.4 is 0 Å². The van der Waals surface area contributed by atoms with Gasteiger partial charge in [-0.05, 0) is 34.1 Å². The average Bonchev–Trinajstić information content (AvgIpc) is 2.56. The number of nitrogens with zero attached hydrogens (tertiary/aromatic N) is 1. The average molecular weight is 420 g/mol. The number of amides is 1. The molecular formula is C21H41NO5S. The third-order valence-electron chi connectivity index (χ3n) is 4.51. The first kappa shape index (κ1) is 29.3. The van der Waals surface area contributed by atoms with Crippen molar-refractivity contribution in [1.29, 1.82) is 0 Å². The number of hydrogen-bond acceptors (Lipinski definition) is 5. The lowest BCUT2D eigenvalue weighted by Gasteiger charge is -2.35. The van der Waals surface area contributed by atoms with Gasteiger partial charge in [-0.3, -0.25) is 9.59 Å². The Kier molecular flexibility index (Phi) is 13.9. The number of ketones is 1. The molecular weight excluding hydrogens is 378 g/mol. The van der Waals surface area contributed by atoms with Crippen molar-refractivity contribution in [3.05, 3.63) is 0 Å². The van der Waals surface area contributed by atoms with Crippen molar-refractivity contribution in [3.63, 3.8) is 0 Å². The Morgan fingerprint density at radius 2 is 1.64 bits per heavy atom. The molecule has 0 aliphatic carbocycles. The first-order valence-electron chi connectivity index (χ1n) is 9.84. The smallest absolute Gasteiger partial charge is 0.225 e. The molecule has 0 radical (unpaired) electrons. The van der Waals surface area contributed by atoms with Crippen molar-refractivity contribution in [2.75, 3.05) is 26.8 Å². The molecule has 0 aliphatic rings. The van der Waals surface area contributed by atoms with E-state index in [1.165, 1.54) is 0 Å². The fourth-order valence-corrected chi connectivity index (χ4v) is 2.69. The molecule has 28 heavy (non-hydrogen) atoms. The van der Waals surface area contributed by atoms with E-state index in [4.69, 9.17) is 9.47 Å². The van der Waals surface area contributed by atoms with Crippen LogP contribution in [0.15, 0.2) is 0 Å². The molecule has 7 heteroatoms. The fraction of sp³-hybridized carbons (Fsp3) is 0.857. The Hall–Kier alpha value is -0.920. The van der Waals surface area contributed by atoms with Crippen molar-refractivity contribution in [2.45, 2.75) is 78.9 Å². The second-order valence-electron chi connectivity index (χ2n) is 8.73. The summed E-state index contributed by atoms with van der Waals surface area (Å²) in [5, 5.41) is 0. The van der Waals surface area contributed by atoms with Gasteiger partial charge in [-0.25, -0.2) is 0 Å². The van der Waals surface area contributed by atoms with Crippen molar-refractivity contribution in [2.24, 2.45) is 11.8 Å². The van der Waals surface area contributed by atoms with E-state index < -0.39 is 11.2 Å². The minimum absolute atomic E-state index is 0. The minimum atomic E-state index is -0.557. The van der Waals surface area contributed by atoms with Crippen molar-refractivity contribution in [3.8, 4) is 0 Å². The molecule has 1 atom stereocenters. The molecule has 0 spiro atoms. The first-order chi connectivity index (χ1) is 12.3. The van der Waals surface area contributed by atoms with Crippen LogP contribution in [0.5, 0.6) is 0 Å². The van der Waals surface area contributed by atoms with Gasteiger partial charge in [0, 0.05) is 38.3 Å². The van der Waals surface area contributed by atoms with E-state index in [0.717, 1.165) is 6.29 Å². The Bertz CT molecular complexity index is 491. The van der Waals surface area contributed by atoms with Crippen LogP contribution in [0.1, 0.15) is 67.7 Å². The van der Waals surface area contributed by atoms with Crippen LogP contribution in [-0.4, -0.2) is 60.9 Å². The number of rotatable bonds is 14. The van der Waals surface area contributed by atoms with Gasteiger partial charge >= 0.3 is 0 Å². The predicted molar refractivity (Wildman–Crippen MR) is 117 cm³/mol. The number of Topliss-reactive ketones (excluding diaryl/α,β-unsaturated/α-hetero) is 1.